The maximum absolute atomic E-state index is 11.1. The van der Waals surface area contributed by atoms with Gasteiger partial charge in [-0.1, -0.05) is 30.7 Å². The summed E-state index contributed by atoms with van der Waals surface area (Å²) in [5.74, 6) is -0.751. The first-order chi connectivity index (χ1) is 8.61. The van der Waals surface area contributed by atoms with E-state index in [1.807, 2.05) is 11.9 Å². The second-order valence-corrected chi connectivity index (χ2v) is 5.14. The van der Waals surface area contributed by atoms with Gasteiger partial charge in [0.1, 0.15) is 6.04 Å². The van der Waals surface area contributed by atoms with E-state index >= 15 is 0 Å². The third kappa shape index (κ3) is 2.56. The van der Waals surface area contributed by atoms with Crippen LogP contribution in [0.25, 0.3) is 0 Å². The Morgan fingerprint density at radius 2 is 2.11 bits per heavy atom. The van der Waals surface area contributed by atoms with Crippen molar-refractivity contribution in [3.63, 3.8) is 0 Å². The molecule has 98 valence electrons. The Bertz CT molecular complexity index is 430. The van der Waals surface area contributed by atoms with Gasteiger partial charge in [-0.05, 0) is 44.4 Å². The first-order valence-corrected chi connectivity index (χ1v) is 6.64. The third-order valence-electron chi connectivity index (χ3n) is 4.05. The molecule has 0 spiro atoms. The second-order valence-electron chi connectivity index (χ2n) is 5.14. The molecule has 18 heavy (non-hydrogen) atoms. The molecule has 3 heteroatoms. The van der Waals surface area contributed by atoms with Crippen LogP contribution in [0.3, 0.4) is 0 Å². The van der Waals surface area contributed by atoms with Crippen LogP contribution in [0.1, 0.15) is 43.4 Å². The molecule has 0 aromatic heterocycles. The summed E-state index contributed by atoms with van der Waals surface area (Å²) in [6.07, 6.45) is 4.52. The summed E-state index contributed by atoms with van der Waals surface area (Å²) in [6.45, 7) is 1.76. The molecule has 1 aromatic rings. The standard InChI is InChI=1S/C15H21NO2/c1-11(15(17)18)16(2)14-10-6-4-8-12-7-3-5-9-13(12)14/h3,5,7,9,11,14H,4,6,8,10H2,1-2H3,(H,17,18). The molecule has 0 saturated carbocycles. The van der Waals surface area contributed by atoms with Crippen LogP contribution in [0, 0.1) is 0 Å². The van der Waals surface area contributed by atoms with Crippen molar-refractivity contribution in [2.75, 3.05) is 7.05 Å². The van der Waals surface area contributed by atoms with Crippen molar-refractivity contribution in [1.82, 2.24) is 4.90 Å². The normalized spacial score (nSPS) is 21.2. The molecule has 0 saturated heterocycles. The Kier molecular flexibility index (Phi) is 4.02. The van der Waals surface area contributed by atoms with E-state index in [2.05, 4.69) is 24.3 Å². The fourth-order valence-electron chi connectivity index (χ4n) is 2.76. The lowest BCUT2D eigenvalue weighted by atomic mass is 9.97. The highest BCUT2D eigenvalue weighted by Crippen LogP contribution is 2.33. The number of carboxylic acids is 1. The first kappa shape index (κ1) is 13.1. The minimum atomic E-state index is -0.751. The zero-order valence-corrected chi connectivity index (χ0v) is 11.1. The molecular formula is C15H21NO2. The fraction of sp³-hybridized carbons (Fsp3) is 0.533. The molecule has 2 unspecified atom stereocenters. The first-order valence-electron chi connectivity index (χ1n) is 6.64. The topological polar surface area (TPSA) is 40.5 Å². The van der Waals surface area contributed by atoms with Gasteiger partial charge in [-0.25, -0.2) is 0 Å². The average Bonchev–Trinajstić information content (AvgIpc) is 2.59. The van der Waals surface area contributed by atoms with Crippen molar-refractivity contribution in [3.05, 3.63) is 35.4 Å². The van der Waals surface area contributed by atoms with Crippen LogP contribution in [0.15, 0.2) is 24.3 Å². The number of carboxylic acid groups (broad SMARTS) is 1. The van der Waals surface area contributed by atoms with Gasteiger partial charge in [-0.2, -0.15) is 0 Å². The zero-order chi connectivity index (χ0) is 13.1. The van der Waals surface area contributed by atoms with Gasteiger partial charge < -0.3 is 5.11 Å². The molecule has 1 aromatic carbocycles. The van der Waals surface area contributed by atoms with Crippen LogP contribution in [-0.4, -0.2) is 29.1 Å². The Morgan fingerprint density at radius 3 is 2.83 bits per heavy atom. The van der Waals surface area contributed by atoms with E-state index in [0.717, 1.165) is 19.3 Å². The van der Waals surface area contributed by atoms with E-state index < -0.39 is 12.0 Å². The molecule has 0 fully saturated rings. The van der Waals surface area contributed by atoms with Crippen LogP contribution in [0.5, 0.6) is 0 Å². The number of hydrogen-bond acceptors (Lipinski definition) is 2. The molecule has 2 rings (SSSR count). The van der Waals surface area contributed by atoms with Gasteiger partial charge in [-0.15, -0.1) is 0 Å². The van der Waals surface area contributed by atoms with Crippen LogP contribution in [0.2, 0.25) is 0 Å². The van der Waals surface area contributed by atoms with E-state index in [4.69, 9.17) is 5.11 Å². The second kappa shape index (κ2) is 5.53. The van der Waals surface area contributed by atoms with Crippen molar-refractivity contribution in [1.29, 1.82) is 0 Å². The Hall–Kier alpha value is -1.35. The highest BCUT2D eigenvalue weighted by atomic mass is 16.4. The number of likely N-dealkylation sites (N-methyl/N-ethyl adjacent to an activating group) is 1. The van der Waals surface area contributed by atoms with E-state index in [9.17, 15) is 4.79 Å². The van der Waals surface area contributed by atoms with Gasteiger partial charge in [0.25, 0.3) is 0 Å². The maximum atomic E-state index is 11.1. The summed E-state index contributed by atoms with van der Waals surface area (Å²) in [5.41, 5.74) is 2.69. The van der Waals surface area contributed by atoms with Crippen LogP contribution in [-0.2, 0) is 11.2 Å². The number of aryl methyl sites for hydroxylation is 1. The summed E-state index contributed by atoms with van der Waals surface area (Å²) in [5, 5.41) is 9.16. The van der Waals surface area contributed by atoms with E-state index in [1.54, 1.807) is 6.92 Å². The summed E-state index contributed by atoms with van der Waals surface area (Å²) in [7, 11) is 1.92. The molecule has 0 aliphatic heterocycles. The zero-order valence-electron chi connectivity index (χ0n) is 11.1. The maximum Gasteiger partial charge on any atom is 0.320 e. The monoisotopic (exact) mass is 247 g/mol. The van der Waals surface area contributed by atoms with Gasteiger partial charge in [0.15, 0.2) is 0 Å². The van der Waals surface area contributed by atoms with Crippen molar-refractivity contribution < 1.29 is 9.90 Å². The summed E-state index contributed by atoms with van der Waals surface area (Å²) in [4.78, 5) is 13.1. The number of aliphatic carboxylic acids is 1. The number of nitrogens with zero attached hydrogens (tertiary/aromatic N) is 1. The van der Waals surface area contributed by atoms with E-state index in [1.165, 1.54) is 17.5 Å². The third-order valence-corrected chi connectivity index (χ3v) is 4.05. The Balaban J connectivity index is 2.30. The van der Waals surface area contributed by atoms with Crippen molar-refractivity contribution in [2.24, 2.45) is 0 Å². The lowest BCUT2D eigenvalue weighted by Gasteiger charge is -2.31. The lowest BCUT2D eigenvalue weighted by Crippen LogP contribution is -2.38. The molecule has 2 atom stereocenters. The van der Waals surface area contributed by atoms with Gasteiger partial charge >= 0.3 is 5.97 Å². The summed E-state index contributed by atoms with van der Waals surface area (Å²) in [6, 6.07) is 8.23. The molecule has 1 aliphatic carbocycles. The number of fused-ring (bicyclic) bond motifs is 1. The van der Waals surface area contributed by atoms with Crippen LogP contribution < -0.4 is 0 Å². The van der Waals surface area contributed by atoms with Gasteiger partial charge in [0.2, 0.25) is 0 Å². The molecule has 0 amide bonds. The smallest absolute Gasteiger partial charge is 0.320 e. The number of benzene rings is 1. The minimum Gasteiger partial charge on any atom is -0.480 e. The van der Waals surface area contributed by atoms with Gasteiger partial charge in [0, 0.05) is 6.04 Å². The minimum absolute atomic E-state index is 0.231. The van der Waals surface area contributed by atoms with E-state index in [-0.39, 0.29) is 6.04 Å². The molecule has 1 N–H and O–H groups in total. The fourth-order valence-corrected chi connectivity index (χ4v) is 2.76. The highest BCUT2D eigenvalue weighted by molar-refractivity contribution is 5.72. The van der Waals surface area contributed by atoms with Gasteiger partial charge in [0.05, 0.1) is 0 Å². The van der Waals surface area contributed by atoms with E-state index in [0.29, 0.717) is 0 Å². The predicted octanol–water partition coefficient (Wildman–Crippen LogP) is 2.86. The van der Waals surface area contributed by atoms with Crippen molar-refractivity contribution in [3.8, 4) is 0 Å². The summed E-state index contributed by atoms with van der Waals surface area (Å²) < 4.78 is 0. The molecule has 1 aliphatic rings. The summed E-state index contributed by atoms with van der Waals surface area (Å²) >= 11 is 0. The van der Waals surface area contributed by atoms with Crippen LogP contribution in [0.4, 0.5) is 0 Å². The van der Waals surface area contributed by atoms with Crippen molar-refractivity contribution >= 4 is 5.97 Å². The number of hydrogen-bond donors (Lipinski definition) is 1. The lowest BCUT2D eigenvalue weighted by molar-refractivity contribution is -0.143. The predicted molar refractivity (Wildman–Crippen MR) is 71.6 cm³/mol. The molecule has 3 nitrogen and oxygen atoms in total. The molecule has 0 radical (unpaired) electrons. The molecule has 0 bridgehead atoms. The number of rotatable bonds is 3. The molecular weight excluding hydrogens is 226 g/mol. The largest absolute Gasteiger partial charge is 0.480 e. The average molecular weight is 247 g/mol. The van der Waals surface area contributed by atoms with Crippen molar-refractivity contribution in [2.45, 2.75) is 44.7 Å². The molecule has 0 heterocycles. The number of carbonyl (C=O) groups is 1. The van der Waals surface area contributed by atoms with Crippen LogP contribution >= 0.6 is 0 Å². The van der Waals surface area contributed by atoms with Gasteiger partial charge in [-0.3, -0.25) is 9.69 Å². The Labute approximate surface area is 108 Å². The SMILES string of the molecule is CC(C(=O)O)N(C)C1CCCCc2ccccc21. The Morgan fingerprint density at radius 1 is 1.39 bits per heavy atom. The highest BCUT2D eigenvalue weighted by Gasteiger charge is 2.27. The quantitative estimate of drug-likeness (QED) is 0.835.